The van der Waals surface area contributed by atoms with Crippen LogP contribution >= 0.6 is 23.1 Å². The zero-order valence-corrected chi connectivity index (χ0v) is 18.2. The number of pyridine rings is 1. The summed E-state index contributed by atoms with van der Waals surface area (Å²) in [4.78, 5) is 17.3. The van der Waals surface area contributed by atoms with Gasteiger partial charge in [-0.3, -0.25) is 14.5 Å². The number of amidine groups is 1. The minimum absolute atomic E-state index is 0.00826. The molecule has 0 spiro atoms. The van der Waals surface area contributed by atoms with Gasteiger partial charge in [-0.1, -0.05) is 48.2 Å². The van der Waals surface area contributed by atoms with Crippen molar-refractivity contribution < 1.29 is 0 Å². The van der Waals surface area contributed by atoms with E-state index < -0.39 is 0 Å². The van der Waals surface area contributed by atoms with Crippen molar-refractivity contribution >= 4 is 38.5 Å². The van der Waals surface area contributed by atoms with Gasteiger partial charge in [0.05, 0.1) is 21.6 Å². The van der Waals surface area contributed by atoms with Crippen LogP contribution in [0.15, 0.2) is 72.0 Å². The van der Waals surface area contributed by atoms with Crippen LogP contribution in [-0.2, 0) is 0 Å². The summed E-state index contributed by atoms with van der Waals surface area (Å²) in [6.45, 7) is 2.27. The lowest BCUT2D eigenvalue weighted by Crippen LogP contribution is -2.36. The molecule has 0 unspecified atom stereocenters. The van der Waals surface area contributed by atoms with Crippen molar-refractivity contribution in [1.82, 2.24) is 19.4 Å². The Morgan fingerprint density at radius 3 is 2.80 bits per heavy atom. The van der Waals surface area contributed by atoms with Gasteiger partial charge in [-0.05, 0) is 42.8 Å². The van der Waals surface area contributed by atoms with E-state index in [-0.39, 0.29) is 12.1 Å². The number of thioether (sulfide) groups is 1. The maximum Gasteiger partial charge on any atom is 0.194 e. The van der Waals surface area contributed by atoms with Crippen LogP contribution in [0.3, 0.4) is 0 Å². The van der Waals surface area contributed by atoms with Crippen molar-refractivity contribution in [2.75, 3.05) is 5.75 Å². The van der Waals surface area contributed by atoms with Crippen LogP contribution in [0.2, 0.25) is 0 Å². The maximum atomic E-state index is 5.15. The molecule has 1 aromatic carbocycles. The van der Waals surface area contributed by atoms with E-state index in [4.69, 9.17) is 9.98 Å². The number of aliphatic imine (C=N–C) groups is 1. The summed E-state index contributed by atoms with van der Waals surface area (Å²) in [5, 5.41) is 2.16. The molecule has 4 aromatic rings. The fraction of sp³-hybridized carbons (Fsp3) is 0.261. The first-order valence-corrected chi connectivity index (χ1v) is 12.1. The Balaban J connectivity index is 1.49. The smallest absolute Gasteiger partial charge is 0.194 e. The van der Waals surface area contributed by atoms with Crippen LogP contribution in [0.4, 0.5) is 0 Å². The second kappa shape index (κ2) is 7.25. The van der Waals surface area contributed by atoms with Crippen LogP contribution in [0.1, 0.15) is 36.8 Å². The van der Waals surface area contributed by atoms with E-state index in [1.165, 1.54) is 10.4 Å². The Bertz CT molecular complexity index is 1200. The summed E-state index contributed by atoms with van der Waals surface area (Å²) < 4.78 is 3.46. The third-order valence-electron chi connectivity index (χ3n) is 5.90. The van der Waals surface area contributed by atoms with Gasteiger partial charge >= 0.3 is 0 Å². The molecule has 0 aliphatic carbocycles. The van der Waals surface area contributed by atoms with E-state index in [9.17, 15) is 0 Å². The maximum absolute atomic E-state index is 5.15. The summed E-state index contributed by atoms with van der Waals surface area (Å²) in [5.74, 6) is 1.10. The second-order valence-corrected chi connectivity index (χ2v) is 9.60. The van der Waals surface area contributed by atoms with Crippen molar-refractivity contribution in [3.63, 3.8) is 0 Å². The van der Waals surface area contributed by atoms with Gasteiger partial charge < -0.3 is 4.90 Å². The fourth-order valence-corrected chi connectivity index (χ4v) is 6.75. The molecule has 0 bridgehead atoms. The van der Waals surface area contributed by atoms with Crippen molar-refractivity contribution in [3.05, 3.63) is 78.4 Å². The number of rotatable bonds is 4. The molecule has 2 aliphatic heterocycles. The summed E-state index contributed by atoms with van der Waals surface area (Å²) >= 11 is 3.61. The minimum atomic E-state index is -0.00826. The SMILES string of the molecule is CC[C@@H]1CSC2=N[C@@H](c3ccccn3)[C@@H](c3cccn3-c3nc4ccccc4s3)N21. The molecule has 5 heterocycles. The number of fused-ring (bicyclic) bond motifs is 2. The van der Waals surface area contributed by atoms with Crippen molar-refractivity contribution in [3.8, 4) is 5.13 Å². The highest BCUT2D eigenvalue weighted by atomic mass is 32.2. The monoisotopic (exact) mass is 431 g/mol. The Morgan fingerprint density at radius 1 is 1.07 bits per heavy atom. The number of para-hydroxylation sites is 1. The molecule has 150 valence electrons. The molecule has 5 nitrogen and oxygen atoms in total. The quantitative estimate of drug-likeness (QED) is 0.430. The van der Waals surface area contributed by atoms with Gasteiger partial charge in [-0.2, -0.15) is 0 Å². The number of nitrogens with zero attached hydrogens (tertiary/aromatic N) is 5. The third-order valence-corrected chi connectivity index (χ3v) is 8.06. The molecule has 1 fully saturated rings. The highest BCUT2D eigenvalue weighted by Crippen LogP contribution is 2.49. The Hall–Kier alpha value is -2.64. The second-order valence-electron chi connectivity index (χ2n) is 7.60. The highest BCUT2D eigenvalue weighted by molar-refractivity contribution is 8.14. The Kier molecular flexibility index (Phi) is 4.39. The van der Waals surface area contributed by atoms with E-state index in [0.717, 1.165) is 33.7 Å². The first kappa shape index (κ1) is 18.2. The molecule has 30 heavy (non-hydrogen) atoms. The first-order valence-electron chi connectivity index (χ1n) is 10.3. The van der Waals surface area contributed by atoms with Gasteiger partial charge in [-0.15, -0.1) is 0 Å². The third kappa shape index (κ3) is 2.80. The lowest BCUT2D eigenvalue weighted by molar-refractivity contribution is 0.249. The molecule has 0 radical (unpaired) electrons. The van der Waals surface area contributed by atoms with E-state index in [1.807, 2.05) is 30.1 Å². The zero-order valence-electron chi connectivity index (χ0n) is 16.5. The lowest BCUT2D eigenvalue weighted by atomic mass is 9.99. The van der Waals surface area contributed by atoms with Gasteiger partial charge in [0, 0.05) is 24.2 Å². The average Bonchev–Trinajstić information content (AvgIpc) is 3.55. The van der Waals surface area contributed by atoms with Crippen LogP contribution in [-0.4, -0.2) is 36.4 Å². The van der Waals surface area contributed by atoms with E-state index >= 15 is 0 Å². The molecular formula is C23H21N5S2. The number of hydrogen-bond donors (Lipinski definition) is 0. The van der Waals surface area contributed by atoms with Crippen molar-refractivity contribution in [2.45, 2.75) is 31.5 Å². The van der Waals surface area contributed by atoms with Crippen LogP contribution in [0, 0.1) is 0 Å². The molecule has 0 amide bonds. The Morgan fingerprint density at radius 2 is 1.97 bits per heavy atom. The van der Waals surface area contributed by atoms with Crippen molar-refractivity contribution in [2.24, 2.45) is 4.99 Å². The summed E-state index contributed by atoms with van der Waals surface area (Å²) in [5.41, 5.74) is 3.30. The first-order chi connectivity index (χ1) is 14.8. The molecule has 3 aromatic heterocycles. The molecule has 3 atom stereocenters. The standard InChI is InChI=1S/C23H21N5S2/c1-2-15-14-29-23-26-20(17-9-5-6-12-24-17)21(28(15)23)18-10-7-13-27(18)22-25-16-8-3-4-11-19(16)30-22/h3-13,15,20-21H,2,14H2,1H3/t15-,20+,21-/m1/s1. The minimum Gasteiger partial charge on any atom is -0.337 e. The number of hydrogen-bond acceptors (Lipinski definition) is 6. The van der Waals surface area contributed by atoms with Crippen LogP contribution < -0.4 is 0 Å². The molecule has 6 rings (SSSR count). The van der Waals surface area contributed by atoms with Crippen LogP contribution in [0.25, 0.3) is 15.3 Å². The summed E-state index contributed by atoms with van der Waals surface area (Å²) in [7, 11) is 0. The number of benzene rings is 1. The van der Waals surface area contributed by atoms with Crippen molar-refractivity contribution in [1.29, 1.82) is 0 Å². The predicted octanol–water partition coefficient (Wildman–Crippen LogP) is 5.46. The zero-order chi connectivity index (χ0) is 20.1. The lowest BCUT2D eigenvalue weighted by Gasteiger charge is -2.32. The summed E-state index contributed by atoms with van der Waals surface area (Å²) in [6.07, 6.45) is 5.11. The normalized spacial score (nSPS) is 23.2. The summed E-state index contributed by atoms with van der Waals surface area (Å²) in [6, 6.07) is 19.4. The fourth-order valence-electron chi connectivity index (χ4n) is 4.44. The van der Waals surface area contributed by atoms with Crippen LogP contribution in [0.5, 0.6) is 0 Å². The molecule has 0 saturated carbocycles. The molecular weight excluding hydrogens is 410 g/mol. The van der Waals surface area contributed by atoms with Gasteiger partial charge in [0.1, 0.15) is 12.1 Å². The van der Waals surface area contributed by atoms with E-state index in [2.05, 4.69) is 70.0 Å². The van der Waals surface area contributed by atoms with E-state index in [0.29, 0.717) is 6.04 Å². The molecule has 2 aliphatic rings. The molecule has 1 saturated heterocycles. The van der Waals surface area contributed by atoms with Gasteiger partial charge in [0.15, 0.2) is 10.3 Å². The molecule has 0 N–H and O–H groups in total. The largest absolute Gasteiger partial charge is 0.337 e. The van der Waals surface area contributed by atoms with Gasteiger partial charge in [0.2, 0.25) is 0 Å². The van der Waals surface area contributed by atoms with E-state index in [1.54, 1.807) is 11.3 Å². The highest BCUT2D eigenvalue weighted by Gasteiger charge is 2.46. The number of aromatic nitrogens is 3. The average molecular weight is 432 g/mol. The predicted molar refractivity (Wildman–Crippen MR) is 124 cm³/mol. The topological polar surface area (TPSA) is 46.3 Å². The molecule has 7 heteroatoms. The van der Waals surface area contributed by atoms with Gasteiger partial charge in [-0.25, -0.2) is 4.98 Å². The van der Waals surface area contributed by atoms with Gasteiger partial charge in [0.25, 0.3) is 0 Å². The Labute approximate surface area is 183 Å². The number of thiazole rings is 1.